The van der Waals surface area contributed by atoms with Crippen LogP contribution >= 0.6 is 0 Å². The standard InChI is InChI=1S/C17H20F3N3O2/c1-16(12-6-3-2-4-7-12)14(24)23(15(25)21-16)11-22-9-5-8-13(10-22)17(18,19)20/h2-4,6-7,13H,5,8-11H2,1H3,(H,21,25)/t13-,16-/m0/s1. The van der Waals surface area contributed by atoms with E-state index in [0.717, 1.165) is 4.90 Å². The van der Waals surface area contributed by atoms with E-state index in [9.17, 15) is 22.8 Å². The van der Waals surface area contributed by atoms with Gasteiger partial charge < -0.3 is 5.32 Å². The van der Waals surface area contributed by atoms with Gasteiger partial charge in [0.1, 0.15) is 5.54 Å². The van der Waals surface area contributed by atoms with Gasteiger partial charge in [-0.2, -0.15) is 13.2 Å². The van der Waals surface area contributed by atoms with Crippen LogP contribution in [0, 0.1) is 5.92 Å². The Labute approximate surface area is 143 Å². The van der Waals surface area contributed by atoms with Crippen molar-refractivity contribution in [3.8, 4) is 0 Å². The molecular weight excluding hydrogens is 335 g/mol. The van der Waals surface area contributed by atoms with Crippen molar-refractivity contribution < 1.29 is 22.8 Å². The molecule has 0 aromatic heterocycles. The summed E-state index contributed by atoms with van der Waals surface area (Å²) >= 11 is 0. The number of carbonyl (C=O) groups is 2. The molecule has 0 unspecified atom stereocenters. The Balaban J connectivity index is 1.73. The minimum absolute atomic E-state index is 0.0852. The number of likely N-dealkylation sites (tertiary alicyclic amines) is 1. The Bertz CT molecular complexity index is 665. The molecule has 2 saturated heterocycles. The van der Waals surface area contributed by atoms with Crippen molar-refractivity contribution in [3.05, 3.63) is 35.9 Å². The van der Waals surface area contributed by atoms with Crippen LogP contribution in [0.25, 0.3) is 0 Å². The summed E-state index contributed by atoms with van der Waals surface area (Å²) in [5, 5.41) is 2.67. The van der Waals surface area contributed by atoms with Crippen LogP contribution in [0.2, 0.25) is 0 Å². The number of rotatable bonds is 3. The first-order valence-corrected chi connectivity index (χ1v) is 8.20. The van der Waals surface area contributed by atoms with E-state index in [-0.39, 0.29) is 19.6 Å². The second-order valence-electron chi connectivity index (χ2n) is 6.75. The average molecular weight is 355 g/mol. The highest BCUT2D eigenvalue weighted by atomic mass is 19.4. The van der Waals surface area contributed by atoms with Crippen molar-refractivity contribution in [2.45, 2.75) is 31.5 Å². The molecule has 3 amide bonds. The van der Waals surface area contributed by atoms with Gasteiger partial charge in [0.05, 0.1) is 12.6 Å². The lowest BCUT2D eigenvalue weighted by atomic mass is 9.92. The van der Waals surface area contributed by atoms with Crippen LogP contribution in [0.15, 0.2) is 30.3 Å². The fourth-order valence-electron chi connectivity index (χ4n) is 3.44. The molecule has 0 saturated carbocycles. The SMILES string of the molecule is C[C@@]1(c2ccccc2)NC(=O)N(CN2CCC[C@H](C(F)(F)F)C2)C1=O. The molecule has 1 N–H and O–H groups in total. The number of alkyl halides is 3. The number of benzene rings is 1. The number of urea groups is 1. The highest BCUT2D eigenvalue weighted by molar-refractivity contribution is 6.07. The first-order chi connectivity index (χ1) is 11.7. The zero-order valence-electron chi connectivity index (χ0n) is 13.8. The number of halogens is 3. The highest BCUT2D eigenvalue weighted by Gasteiger charge is 2.50. The van der Waals surface area contributed by atoms with Crippen LogP contribution in [0.3, 0.4) is 0 Å². The lowest BCUT2D eigenvalue weighted by Crippen LogP contribution is -2.48. The van der Waals surface area contributed by atoms with Crippen LogP contribution in [0.4, 0.5) is 18.0 Å². The van der Waals surface area contributed by atoms with E-state index in [1.54, 1.807) is 37.3 Å². The third kappa shape index (κ3) is 3.35. The molecule has 136 valence electrons. The number of nitrogens with zero attached hydrogens (tertiary/aromatic N) is 2. The van der Waals surface area contributed by atoms with Crippen LogP contribution in [0.1, 0.15) is 25.3 Å². The highest BCUT2D eigenvalue weighted by Crippen LogP contribution is 2.34. The molecule has 2 fully saturated rings. The van der Waals surface area contributed by atoms with Gasteiger partial charge >= 0.3 is 12.2 Å². The summed E-state index contributed by atoms with van der Waals surface area (Å²) in [5.74, 6) is -1.86. The second-order valence-corrected chi connectivity index (χ2v) is 6.75. The summed E-state index contributed by atoms with van der Waals surface area (Å²) < 4.78 is 38.8. The van der Waals surface area contributed by atoms with Gasteiger partial charge in [-0.3, -0.25) is 9.69 Å². The van der Waals surface area contributed by atoms with Crippen LogP contribution < -0.4 is 5.32 Å². The van der Waals surface area contributed by atoms with Crippen molar-refractivity contribution in [1.82, 2.24) is 15.1 Å². The van der Waals surface area contributed by atoms with E-state index in [4.69, 9.17) is 0 Å². The number of amides is 3. The van der Waals surface area contributed by atoms with E-state index in [1.165, 1.54) is 4.90 Å². The molecule has 2 heterocycles. The Kier molecular flexibility index (Phi) is 4.49. The summed E-state index contributed by atoms with van der Waals surface area (Å²) in [7, 11) is 0. The summed E-state index contributed by atoms with van der Waals surface area (Å²) in [6.45, 7) is 1.73. The number of imide groups is 1. The summed E-state index contributed by atoms with van der Waals surface area (Å²) in [5.41, 5.74) is -0.556. The predicted octanol–water partition coefficient (Wildman–Crippen LogP) is 2.69. The molecule has 1 aromatic carbocycles. The third-order valence-electron chi connectivity index (χ3n) is 4.94. The van der Waals surface area contributed by atoms with Crippen molar-refractivity contribution in [1.29, 1.82) is 0 Å². The van der Waals surface area contributed by atoms with Crippen LogP contribution in [0.5, 0.6) is 0 Å². The van der Waals surface area contributed by atoms with E-state index in [2.05, 4.69) is 5.32 Å². The quantitative estimate of drug-likeness (QED) is 0.849. The first-order valence-electron chi connectivity index (χ1n) is 8.20. The van der Waals surface area contributed by atoms with Crippen molar-refractivity contribution in [2.75, 3.05) is 19.8 Å². The van der Waals surface area contributed by atoms with Gasteiger partial charge in [0.25, 0.3) is 5.91 Å². The molecule has 2 aliphatic heterocycles. The molecular formula is C17H20F3N3O2. The lowest BCUT2D eigenvalue weighted by Gasteiger charge is -2.35. The second kappa shape index (κ2) is 6.33. The predicted molar refractivity (Wildman–Crippen MR) is 84.4 cm³/mol. The Morgan fingerprint density at radius 1 is 1.24 bits per heavy atom. The largest absolute Gasteiger partial charge is 0.393 e. The van der Waals surface area contributed by atoms with Gasteiger partial charge in [0.2, 0.25) is 0 Å². The molecule has 0 spiro atoms. The molecule has 0 bridgehead atoms. The normalized spacial score (nSPS) is 28.3. The van der Waals surface area contributed by atoms with Crippen LogP contribution in [-0.4, -0.2) is 47.7 Å². The smallest absolute Gasteiger partial charge is 0.319 e. The van der Waals surface area contributed by atoms with E-state index in [0.29, 0.717) is 18.5 Å². The molecule has 2 aliphatic rings. The molecule has 3 rings (SSSR count). The topological polar surface area (TPSA) is 52.7 Å². The third-order valence-corrected chi connectivity index (χ3v) is 4.94. The van der Waals surface area contributed by atoms with E-state index in [1.807, 2.05) is 0 Å². The maximum atomic E-state index is 12.9. The number of nitrogens with one attached hydrogen (secondary N) is 1. The monoisotopic (exact) mass is 355 g/mol. The maximum Gasteiger partial charge on any atom is 0.393 e. The maximum absolute atomic E-state index is 12.9. The van der Waals surface area contributed by atoms with E-state index >= 15 is 0 Å². The Hall–Kier alpha value is -2.09. The van der Waals surface area contributed by atoms with E-state index < -0.39 is 29.6 Å². The van der Waals surface area contributed by atoms with Gasteiger partial charge in [-0.15, -0.1) is 0 Å². The zero-order chi connectivity index (χ0) is 18.2. The van der Waals surface area contributed by atoms with Gasteiger partial charge in [-0.1, -0.05) is 30.3 Å². The molecule has 0 aliphatic carbocycles. The molecule has 5 nitrogen and oxygen atoms in total. The Morgan fingerprint density at radius 2 is 1.92 bits per heavy atom. The minimum Gasteiger partial charge on any atom is -0.319 e. The summed E-state index contributed by atoms with van der Waals surface area (Å²) in [4.78, 5) is 27.6. The molecule has 8 heteroatoms. The molecule has 2 atom stereocenters. The Morgan fingerprint density at radius 3 is 2.56 bits per heavy atom. The van der Waals surface area contributed by atoms with Gasteiger partial charge in [0.15, 0.2) is 0 Å². The van der Waals surface area contributed by atoms with Gasteiger partial charge in [-0.25, -0.2) is 9.69 Å². The minimum atomic E-state index is -4.26. The van der Waals surface area contributed by atoms with Gasteiger partial charge in [0, 0.05) is 6.54 Å². The molecule has 0 radical (unpaired) electrons. The lowest BCUT2D eigenvalue weighted by molar-refractivity contribution is -0.187. The van der Waals surface area contributed by atoms with Crippen LogP contribution in [-0.2, 0) is 10.3 Å². The summed E-state index contributed by atoms with van der Waals surface area (Å²) in [6, 6.07) is 8.23. The van der Waals surface area contributed by atoms with Crippen molar-refractivity contribution >= 4 is 11.9 Å². The number of hydrogen-bond acceptors (Lipinski definition) is 3. The summed E-state index contributed by atoms with van der Waals surface area (Å²) in [6.07, 6.45) is -3.78. The zero-order valence-corrected chi connectivity index (χ0v) is 13.8. The molecule has 1 aromatic rings. The molecule has 25 heavy (non-hydrogen) atoms. The fraction of sp³-hybridized carbons (Fsp3) is 0.529. The van der Waals surface area contributed by atoms with Gasteiger partial charge in [-0.05, 0) is 31.9 Å². The average Bonchev–Trinajstić information content (AvgIpc) is 2.80. The first kappa shape index (κ1) is 17.7. The number of carbonyl (C=O) groups excluding carboxylic acids is 2. The van der Waals surface area contributed by atoms with Crippen molar-refractivity contribution in [2.24, 2.45) is 5.92 Å². The fourth-order valence-corrected chi connectivity index (χ4v) is 3.44. The number of piperidine rings is 1. The van der Waals surface area contributed by atoms with Crippen molar-refractivity contribution in [3.63, 3.8) is 0 Å². The number of hydrogen-bond donors (Lipinski definition) is 1.